The molecule has 0 fully saturated rings. The van der Waals surface area contributed by atoms with Crippen molar-refractivity contribution in [2.45, 2.75) is 0 Å². The number of halogens is 3. The standard InChI is InChI=1S/C31H17Br2ClN4O5/c32-19-10-18(29(22(33)12-19)43-31(40)16-8-9-24-25(11-16)42-15-41-24)14-36-38-30(39)28-26(20-5-1-2-7-23(20)34)21-6-3-4-17(13-35)27(21)37-28/h1-12,14,37H,15H2,(H,38,39). The third-order valence-corrected chi connectivity index (χ3v) is 7.91. The maximum atomic E-state index is 13.5. The van der Waals surface area contributed by atoms with Crippen LogP contribution in [0.1, 0.15) is 32.0 Å². The number of benzene rings is 4. The molecule has 2 N–H and O–H groups in total. The van der Waals surface area contributed by atoms with Gasteiger partial charge in [-0.15, -0.1) is 0 Å². The molecule has 9 nitrogen and oxygen atoms in total. The molecule has 0 aliphatic carbocycles. The van der Waals surface area contributed by atoms with Gasteiger partial charge in [0, 0.05) is 31.6 Å². The predicted octanol–water partition coefficient (Wildman–Crippen LogP) is 7.60. The molecule has 12 heteroatoms. The zero-order valence-corrected chi connectivity index (χ0v) is 25.7. The number of nitrogens with zero attached hydrogens (tertiary/aromatic N) is 2. The number of H-pyrrole nitrogens is 1. The molecule has 1 aliphatic rings. The summed E-state index contributed by atoms with van der Waals surface area (Å²) < 4.78 is 17.5. The lowest BCUT2D eigenvalue weighted by Crippen LogP contribution is -2.19. The number of carbonyl (C=O) groups excluding carboxylic acids is 2. The van der Waals surface area contributed by atoms with E-state index in [1.165, 1.54) is 6.21 Å². The van der Waals surface area contributed by atoms with Crippen LogP contribution in [0.15, 0.2) is 86.8 Å². The molecule has 0 radical (unpaired) electrons. The summed E-state index contributed by atoms with van der Waals surface area (Å²) in [5, 5.41) is 14.9. The van der Waals surface area contributed by atoms with Crippen molar-refractivity contribution in [1.82, 2.24) is 10.4 Å². The summed E-state index contributed by atoms with van der Waals surface area (Å²) in [7, 11) is 0. The van der Waals surface area contributed by atoms with Crippen LogP contribution in [0.3, 0.4) is 0 Å². The van der Waals surface area contributed by atoms with Crippen molar-refractivity contribution in [2.75, 3.05) is 6.79 Å². The number of hydrogen-bond donors (Lipinski definition) is 2. The molecule has 212 valence electrons. The van der Waals surface area contributed by atoms with Crippen LogP contribution in [0, 0.1) is 11.3 Å². The number of hydrogen-bond acceptors (Lipinski definition) is 7. The zero-order valence-electron chi connectivity index (χ0n) is 21.8. The van der Waals surface area contributed by atoms with Crippen LogP contribution < -0.4 is 19.6 Å². The van der Waals surface area contributed by atoms with Crippen LogP contribution in [0.2, 0.25) is 5.02 Å². The van der Waals surface area contributed by atoms with Gasteiger partial charge in [-0.3, -0.25) is 4.79 Å². The van der Waals surface area contributed by atoms with Crippen LogP contribution >= 0.6 is 43.5 Å². The van der Waals surface area contributed by atoms with Gasteiger partial charge in [0.05, 0.1) is 27.3 Å². The lowest BCUT2D eigenvalue weighted by atomic mass is 10.0. The minimum absolute atomic E-state index is 0.0797. The third kappa shape index (κ3) is 5.60. The Kier molecular flexibility index (Phi) is 7.90. The Morgan fingerprint density at radius 1 is 1.05 bits per heavy atom. The molecule has 43 heavy (non-hydrogen) atoms. The van der Waals surface area contributed by atoms with Crippen LogP contribution in [-0.4, -0.2) is 29.9 Å². The summed E-state index contributed by atoms with van der Waals surface area (Å²) in [6.07, 6.45) is 1.36. The minimum Gasteiger partial charge on any atom is -0.454 e. The van der Waals surface area contributed by atoms with Gasteiger partial charge in [-0.1, -0.05) is 57.9 Å². The normalized spacial score (nSPS) is 12.0. The molecular weight excluding hydrogens is 704 g/mol. The first-order valence-corrected chi connectivity index (χ1v) is 14.5. The summed E-state index contributed by atoms with van der Waals surface area (Å²) in [5.74, 6) is -0.0230. The van der Waals surface area contributed by atoms with Crippen molar-refractivity contribution in [1.29, 1.82) is 5.26 Å². The monoisotopic (exact) mass is 718 g/mol. The van der Waals surface area contributed by atoms with Crippen LogP contribution in [-0.2, 0) is 0 Å². The summed E-state index contributed by atoms with van der Waals surface area (Å²) in [5.41, 5.74) is 5.39. The van der Waals surface area contributed by atoms with Crippen molar-refractivity contribution in [3.05, 3.63) is 109 Å². The van der Waals surface area contributed by atoms with Crippen molar-refractivity contribution < 1.29 is 23.8 Å². The van der Waals surface area contributed by atoms with E-state index in [-0.39, 0.29) is 23.8 Å². The van der Waals surface area contributed by atoms with E-state index in [1.807, 2.05) is 12.1 Å². The first-order valence-electron chi connectivity index (χ1n) is 12.6. The van der Waals surface area contributed by atoms with Gasteiger partial charge in [0.25, 0.3) is 5.91 Å². The second-order valence-corrected chi connectivity index (χ2v) is 11.3. The zero-order chi connectivity index (χ0) is 30.1. The second-order valence-electron chi connectivity index (χ2n) is 9.16. The molecule has 1 amide bonds. The Bertz CT molecular complexity index is 2020. The highest BCUT2D eigenvalue weighted by molar-refractivity contribution is 9.11. The Morgan fingerprint density at radius 2 is 1.86 bits per heavy atom. The van der Waals surface area contributed by atoms with E-state index >= 15 is 0 Å². The summed E-state index contributed by atoms with van der Waals surface area (Å²) in [6, 6.07) is 22.6. The summed E-state index contributed by atoms with van der Waals surface area (Å²) in [6.45, 7) is 0.0797. The van der Waals surface area contributed by atoms with Gasteiger partial charge in [0.1, 0.15) is 11.8 Å². The number of esters is 1. The summed E-state index contributed by atoms with van der Waals surface area (Å²) in [4.78, 5) is 29.6. The highest BCUT2D eigenvalue weighted by atomic mass is 79.9. The number of para-hydroxylation sites is 1. The average molecular weight is 721 g/mol. The van der Waals surface area contributed by atoms with Gasteiger partial charge in [0.2, 0.25) is 6.79 Å². The van der Waals surface area contributed by atoms with E-state index in [2.05, 4.69) is 53.4 Å². The van der Waals surface area contributed by atoms with Crippen molar-refractivity contribution in [3.8, 4) is 34.4 Å². The van der Waals surface area contributed by atoms with Gasteiger partial charge in [0.15, 0.2) is 17.2 Å². The van der Waals surface area contributed by atoms with Gasteiger partial charge >= 0.3 is 5.97 Å². The Balaban J connectivity index is 1.30. The van der Waals surface area contributed by atoms with Crippen LogP contribution in [0.5, 0.6) is 17.2 Å². The molecule has 1 aromatic heterocycles. The molecule has 5 aromatic rings. The van der Waals surface area contributed by atoms with E-state index in [0.717, 1.165) is 0 Å². The Labute approximate surface area is 266 Å². The minimum atomic E-state index is -0.629. The molecule has 4 aromatic carbocycles. The van der Waals surface area contributed by atoms with E-state index in [0.29, 0.717) is 58.6 Å². The third-order valence-electron chi connectivity index (χ3n) is 6.53. The molecule has 1 aliphatic heterocycles. The number of aromatic nitrogens is 1. The van der Waals surface area contributed by atoms with Gasteiger partial charge in [-0.2, -0.15) is 10.4 Å². The number of aromatic amines is 1. The largest absolute Gasteiger partial charge is 0.454 e. The van der Waals surface area contributed by atoms with Gasteiger partial charge in [-0.05, 0) is 58.4 Å². The fraction of sp³-hybridized carbons (Fsp3) is 0.0323. The second kappa shape index (κ2) is 11.9. The Hall–Kier alpha value is -4.63. The lowest BCUT2D eigenvalue weighted by molar-refractivity contribution is 0.0732. The number of fused-ring (bicyclic) bond motifs is 2. The number of hydrazone groups is 1. The van der Waals surface area contributed by atoms with Crippen molar-refractivity contribution in [2.24, 2.45) is 5.10 Å². The molecule has 0 saturated heterocycles. The predicted molar refractivity (Wildman–Crippen MR) is 168 cm³/mol. The first-order chi connectivity index (χ1) is 20.8. The van der Waals surface area contributed by atoms with Gasteiger partial charge < -0.3 is 19.2 Å². The molecule has 0 spiro atoms. The quantitative estimate of drug-likeness (QED) is 0.0806. The van der Waals surface area contributed by atoms with Crippen molar-refractivity contribution >= 4 is 72.5 Å². The maximum absolute atomic E-state index is 13.5. The highest BCUT2D eigenvalue weighted by Gasteiger charge is 2.23. The van der Waals surface area contributed by atoms with E-state index in [1.54, 1.807) is 60.7 Å². The maximum Gasteiger partial charge on any atom is 0.343 e. The average Bonchev–Trinajstić information content (AvgIpc) is 3.63. The molecule has 0 atom stereocenters. The van der Waals surface area contributed by atoms with Crippen LogP contribution in [0.4, 0.5) is 0 Å². The van der Waals surface area contributed by atoms with E-state index in [4.69, 9.17) is 25.8 Å². The highest BCUT2D eigenvalue weighted by Crippen LogP contribution is 2.38. The number of rotatable bonds is 6. The molecule has 0 unspecified atom stereocenters. The number of amides is 1. The topological polar surface area (TPSA) is 126 Å². The number of ether oxygens (including phenoxy) is 3. The molecule has 0 bridgehead atoms. The van der Waals surface area contributed by atoms with Crippen LogP contribution in [0.25, 0.3) is 22.0 Å². The lowest BCUT2D eigenvalue weighted by Gasteiger charge is -2.11. The smallest absolute Gasteiger partial charge is 0.343 e. The molecule has 6 rings (SSSR count). The number of nitriles is 1. The fourth-order valence-corrected chi connectivity index (χ4v) is 6.17. The van der Waals surface area contributed by atoms with E-state index < -0.39 is 11.9 Å². The van der Waals surface area contributed by atoms with Gasteiger partial charge in [-0.25, -0.2) is 10.2 Å². The molecule has 0 saturated carbocycles. The summed E-state index contributed by atoms with van der Waals surface area (Å²) >= 11 is 13.4. The van der Waals surface area contributed by atoms with E-state index in [9.17, 15) is 14.9 Å². The van der Waals surface area contributed by atoms with Crippen molar-refractivity contribution in [3.63, 3.8) is 0 Å². The first kappa shape index (κ1) is 28.5. The fourth-order valence-electron chi connectivity index (χ4n) is 4.60. The number of carbonyl (C=O) groups is 2. The molecular formula is C31H17Br2ClN4O5. The SMILES string of the molecule is N#Cc1cccc2c(-c3ccccc3Cl)c(C(=O)NN=Cc3cc(Br)cc(Br)c3OC(=O)c3ccc4c(c3)OCO4)[nH]c12. The Morgan fingerprint density at radius 3 is 2.67 bits per heavy atom. The number of nitrogens with one attached hydrogen (secondary N) is 2. The molecule has 2 heterocycles.